The topological polar surface area (TPSA) is 59.4 Å². The van der Waals surface area contributed by atoms with E-state index in [1.54, 1.807) is 0 Å². The Morgan fingerprint density at radius 2 is 0.981 bits per heavy atom. The summed E-state index contributed by atoms with van der Waals surface area (Å²) in [6, 6.07) is 64.4. The number of fused-ring (bicyclic) bond motifs is 9. The van der Waals surface area contributed by atoms with Crippen LogP contribution in [0, 0.1) is 11.3 Å². The van der Waals surface area contributed by atoms with E-state index < -0.39 is 0 Å². The summed E-state index contributed by atoms with van der Waals surface area (Å²) in [5, 5.41) is 17.9. The molecule has 0 aliphatic carbocycles. The van der Waals surface area contributed by atoms with E-state index in [1.165, 1.54) is 54.5 Å². The van der Waals surface area contributed by atoms with E-state index in [1.807, 2.05) is 24.3 Å². The highest BCUT2D eigenvalue weighted by atomic mass is 15.0. The fourth-order valence-electron chi connectivity index (χ4n) is 8.31. The van der Waals surface area contributed by atoms with Crippen molar-refractivity contribution in [2.75, 3.05) is 0 Å². The van der Waals surface area contributed by atoms with E-state index >= 15 is 0 Å². The average Bonchev–Trinajstić information content (AvgIpc) is 3.76. The Bertz CT molecular complexity index is 3330. The Morgan fingerprint density at radius 3 is 1.78 bits per heavy atom. The summed E-state index contributed by atoms with van der Waals surface area (Å²) >= 11 is 0. The first-order valence-corrected chi connectivity index (χ1v) is 18.1. The Balaban J connectivity index is 1.09. The monoisotopic (exact) mass is 687 g/mol. The fraction of sp³-hybridized carbons (Fsp3) is 0. The van der Waals surface area contributed by atoms with Gasteiger partial charge in [-0.25, -0.2) is 9.97 Å². The molecule has 8 aromatic carbocycles. The number of para-hydroxylation sites is 3. The highest BCUT2D eigenvalue weighted by Gasteiger charge is 2.18. The lowest BCUT2D eigenvalue weighted by Crippen LogP contribution is -1.97. The summed E-state index contributed by atoms with van der Waals surface area (Å²) < 4.78 is 4.71. The zero-order chi connectivity index (χ0) is 35.8. The maximum Gasteiger partial charge on any atom is 0.161 e. The predicted molar refractivity (Wildman–Crippen MR) is 221 cm³/mol. The minimum atomic E-state index is 0.380. The maximum absolute atomic E-state index is 9.83. The Hall–Kier alpha value is -7.55. The summed E-state index contributed by atoms with van der Waals surface area (Å²) in [7, 11) is 0. The molecule has 3 heterocycles. The zero-order valence-corrected chi connectivity index (χ0v) is 29.0. The summed E-state index contributed by atoms with van der Waals surface area (Å²) in [6.07, 6.45) is 0. The van der Waals surface area contributed by atoms with Gasteiger partial charge in [-0.2, -0.15) is 5.26 Å². The molecular formula is C49H29N5. The lowest BCUT2D eigenvalue weighted by molar-refractivity contribution is 1.17. The van der Waals surface area contributed by atoms with Gasteiger partial charge in [0.05, 0.1) is 27.6 Å². The summed E-state index contributed by atoms with van der Waals surface area (Å²) in [5.41, 5.74) is 11.2. The van der Waals surface area contributed by atoms with Gasteiger partial charge >= 0.3 is 0 Å². The van der Waals surface area contributed by atoms with Gasteiger partial charge in [0.1, 0.15) is 6.07 Å². The second-order valence-corrected chi connectivity index (χ2v) is 13.7. The molecule has 0 unspecified atom stereocenters. The van der Waals surface area contributed by atoms with Crippen molar-refractivity contribution in [1.29, 1.82) is 5.26 Å². The quantitative estimate of drug-likeness (QED) is 0.185. The van der Waals surface area contributed by atoms with Crippen LogP contribution in [-0.4, -0.2) is 19.1 Å². The van der Waals surface area contributed by atoms with Crippen LogP contribution >= 0.6 is 0 Å². The Kier molecular flexibility index (Phi) is 6.55. The molecule has 11 rings (SSSR count). The van der Waals surface area contributed by atoms with Crippen LogP contribution in [0.4, 0.5) is 0 Å². The van der Waals surface area contributed by atoms with Crippen LogP contribution in [0.3, 0.4) is 0 Å². The van der Waals surface area contributed by atoms with Gasteiger partial charge in [-0.3, -0.25) is 0 Å². The van der Waals surface area contributed by atoms with Gasteiger partial charge in [0.25, 0.3) is 0 Å². The first kappa shape index (κ1) is 30.1. The van der Waals surface area contributed by atoms with Crippen molar-refractivity contribution < 1.29 is 0 Å². The van der Waals surface area contributed by atoms with Crippen LogP contribution in [0.1, 0.15) is 5.69 Å². The van der Waals surface area contributed by atoms with Crippen LogP contribution < -0.4 is 0 Å². The van der Waals surface area contributed by atoms with Crippen molar-refractivity contribution in [2.45, 2.75) is 0 Å². The number of hydrogen-bond donors (Lipinski definition) is 0. The molecule has 11 aromatic rings. The van der Waals surface area contributed by atoms with Gasteiger partial charge in [-0.1, -0.05) is 91.0 Å². The van der Waals surface area contributed by atoms with Crippen LogP contribution in [0.2, 0.25) is 0 Å². The van der Waals surface area contributed by atoms with E-state index in [4.69, 9.17) is 4.98 Å². The average molecular weight is 688 g/mol. The molecule has 0 spiro atoms. The van der Waals surface area contributed by atoms with Gasteiger partial charge < -0.3 is 9.13 Å². The number of hydrogen-bond acceptors (Lipinski definition) is 3. The minimum absolute atomic E-state index is 0.380. The molecule has 54 heavy (non-hydrogen) atoms. The van der Waals surface area contributed by atoms with Crippen LogP contribution in [-0.2, 0) is 0 Å². The summed E-state index contributed by atoms with van der Waals surface area (Å²) in [6.45, 7) is 0. The smallest absolute Gasteiger partial charge is 0.161 e. The van der Waals surface area contributed by atoms with Gasteiger partial charge in [0.15, 0.2) is 11.5 Å². The van der Waals surface area contributed by atoms with Crippen molar-refractivity contribution in [3.05, 3.63) is 182 Å². The molecule has 0 saturated heterocycles. The normalized spacial score (nSPS) is 11.7. The SMILES string of the molecule is N#Cc1nc(-c2ccc(-n3c4ccc(-c5ccc6c(c5)c5ccccc5n6-c5ccccc5)cc4c4c5ccccc5ccc43)cc2)nc2ccccc12. The molecular weight excluding hydrogens is 659 g/mol. The van der Waals surface area contributed by atoms with Gasteiger partial charge in [0, 0.05) is 43.9 Å². The van der Waals surface area contributed by atoms with E-state index in [0.717, 1.165) is 38.9 Å². The van der Waals surface area contributed by atoms with Crippen molar-refractivity contribution in [2.24, 2.45) is 0 Å². The second kappa shape index (κ2) is 11.7. The molecule has 0 aliphatic heterocycles. The number of nitrogens with zero attached hydrogens (tertiary/aromatic N) is 5. The summed E-state index contributed by atoms with van der Waals surface area (Å²) in [5.74, 6) is 0.540. The van der Waals surface area contributed by atoms with Crippen molar-refractivity contribution in [1.82, 2.24) is 19.1 Å². The lowest BCUT2D eigenvalue weighted by Gasteiger charge is -2.10. The molecule has 0 atom stereocenters. The van der Waals surface area contributed by atoms with Crippen molar-refractivity contribution in [3.63, 3.8) is 0 Å². The second-order valence-electron chi connectivity index (χ2n) is 13.7. The first-order chi connectivity index (χ1) is 26.7. The van der Waals surface area contributed by atoms with Gasteiger partial charge in [0.2, 0.25) is 0 Å². The summed E-state index contributed by atoms with van der Waals surface area (Å²) in [4.78, 5) is 9.43. The Morgan fingerprint density at radius 1 is 0.407 bits per heavy atom. The third kappa shape index (κ3) is 4.51. The van der Waals surface area contributed by atoms with Gasteiger partial charge in [-0.05, 0) is 107 Å². The lowest BCUT2D eigenvalue weighted by atomic mass is 9.99. The van der Waals surface area contributed by atoms with Crippen molar-refractivity contribution >= 4 is 65.3 Å². The molecule has 0 bridgehead atoms. The molecule has 250 valence electrons. The standard InChI is InChI=1S/C49H29N5/c50-30-43-39-15-6-8-16-42(39)51-49(52-43)32-18-23-36(24-19-32)54-46-26-22-34(29-41(46)48-37-13-5-4-10-31(37)20-27-47(48)54)33-21-25-45-40(28-33)38-14-7-9-17-44(38)53(45)35-11-2-1-3-12-35/h1-29H. The predicted octanol–water partition coefficient (Wildman–Crippen LogP) is 12.2. The van der Waals surface area contributed by atoms with E-state index in [-0.39, 0.29) is 0 Å². The maximum atomic E-state index is 9.83. The highest BCUT2D eigenvalue weighted by Crippen LogP contribution is 2.40. The molecule has 0 amide bonds. The first-order valence-electron chi connectivity index (χ1n) is 18.1. The van der Waals surface area contributed by atoms with Gasteiger partial charge in [-0.15, -0.1) is 0 Å². The number of benzene rings is 8. The molecule has 5 nitrogen and oxygen atoms in total. The number of rotatable bonds is 4. The molecule has 3 aromatic heterocycles. The van der Waals surface area contributed by atoms with Crippen molar-refractivity contribution in [3.8, 4) is 40.0 Å². The molecule has 0 radical (unpaired) electrons. The Labute approximate surface area is 310 Å². The van der Waals surface area contributed by atoms with E-state index in [2.05, 4.69) is 172 Å². The third-order valence-electron chi connectivity index (χ3n) is 10.8. The number of nitriles is 1. The number of aromatic nitrogens is 4. The van der Waals surface area contributed by atoms with E-state index in [0.29, 0.717) is 11.5 Å². The van der Waals surface area contributed by atoms with Crippen LogP contribution in [0.25, 0.3) is 99.2 Å². The van der Waals surface area contributed by atoms with Crippen LogP contribution in [0.5, 0.6) is 0 Å². The molecule has 0 fully saturated rings. The molecule has 5 heteroatoms. The molecule has 0 aliphatic rings. The molecule has 0 saturated carbocycles. The zero-order valence-electron chi connectivity index (χ0n) is 29.0. The highest BCUT2D eigenvalue weighted by molar-refractivity contribution is 6.22. The minimum Gasteiger partial charge on any atom is -0.309 e. The molecule has 0 N–H and O–H groups in total. The third-order valence-corrected chi connectivity index (χ3v) is 10.8. The largest absolute Gasteiger partial charge is 0.309 e. The van der Waals surface area contributed by atoms with E-state index in [9.17, 15) is 5.26 Å². The van der Waals surface area contributed by atoms with Crippen LogP contribution in [0.15, 0.2) is 176 Å². The fourth-order valence-corrected chi connectivity index (χ4v) is 8.31.